The Hall–Kier alpha value is -2.97. The van der Waals surface area contributed by atoms with Crippen LogP contribution in [0.5, 0.6) is 5.75 Å². The topological polar surface area (TPSA) is 94.2 Å². The van der Waals surface area contributed by atoms with Crippen molar-refractivity contribution in [3.05, 3.63) is 29.8 Å². The molecular weight excluding hydrogens is 350 g/mol. The summed E-state index contributed by atoms with van der Waals surface area (Å²) in [5.41, 5.74) is 0.961. The quantitative estimate of drug-likeness (QED) is 0.774. The monoisotopic (exact) mass is 375 g/mol. The van der Waals surface area contributed by atoms with E-state index in [1.165, 1.54) is 14.7 Å². The predicted octanol–water partition coefficient (Wildman–Crippen LogP) is 0.937. The number of likely N-dealkylation sites (N-methyl/N-ethyl adjacent to an activating group) is 2. The van der Waals surface area contributed by atoms with E-state index in [1.807, 2.05) is 31.2 Å². The molecule has 2 saturated heterocycles. The SMILES string of the molecule is CC[C@H](NC(=O)CN1C(=O)N[C@@H]2[C@H]1N(C)C(=O)N2C)c1ccc(OC)cc1. The van der Waals surface area contributed by atoms with Crippen molar-refractivity contribution >= 4 is 18.0 Å². The molecule has 0 bridgehead atoms. The Kier molecular flexibility index (Phi) is 5.11. The molecular formula is C18H25N5O4. The number of urea groups is 2. The van der Waals surface area contributed by atoms with Gasteiger partial charge in [0.25, 0.3) is 0 Å². The number of nitrogens with one attached hydrogen (secondary N) is 2. The summed E-state index contributed by atoms with van der Waals surface area (Å²) in [6.45, 7) is 1.86. The summed E-state index contributed by atoms with van der Waals surface area (Å²) < 4.78 is 5.16. The number of hydrogen-bond donors (Lipinski definition) is 2. The third-order valence-electron chi connectivity index (χ3n) is 5.13. The third-order valence-corrected chi connectivity index (χ3v) is 5.13. The Bertz CT molecular complexity index is 738. The average molecular weight is 375 g/mol. The Morgan fingerprint density at radius 2 is 1.89 bits per heavy atom. The van der Waals surface area contributed by atoms with Crippen molar-refractivity contribution in [1.29, 1.82) is 0 Å². The predicted molar refractivity (Wildman–Crippen MR) is 97.9 cm³/mol. The molecule has 5 amide bonds. The van der Waals surface area contributed by atoms with Crippen LogP contribution in [-0.2, 0) is 4.79 Å². The van der Waals surface area contributed by atoms with E-state index in [-0.39, 0.29) is 30.6 Å². The minimum atomic E-state index is -0.498. The molecule has 27 heavy (non-hydrogen) atoms. The van der Waals surface area contributed by atoms with E-state index in [0.29, 0.717) is 6.42 Å². The van der Waals surface area contributed by atoms with Crippen LogP contribution in [0.4, 0.5) is 9.59 Å². The number of methoxy groups -OCH3 is 1. The van der Waals surface area contributed by atoms with Gasteiger partial charge in [-0.3, -0.25) is 9.69 Å². The summed E-state index contributed by atoms with van der Waals surface area (Å²) in [4.78, 5) is 41.3. The first kappa shape index (κ1) is 18.8. The van der Waals surface area contributed by atoms with E-state index < -0.39 is 12.3 Å². The lowest BCUT2D eigenvalue weighted by Gasteiger charge is -2.27. The van der Waals surface area contributed by atoms with Crippen LogP contribution in [0.15, 0.2) is 24.3 Å². The molecule has 1 aromatic carbocycles. The lowest BCUT2D eigenvalue weighted by molar-refractivity contribution is -0.123. The molecule has 3 rings (SSSR count). The molecule has 146 valence electrons. The van der Waals surface area contributed by atoms with Gasteiger partial charge in [0.15, 0.2) is 0 Å². The van der Waals surface area contributed by atoms with Gasteiger partial charge in [0, 0.05) is 14.1 Å². The highest BCUT2D eigenvalue weighted by Gasteiger charge is 2.52. The highest BCUT2D eigenvalue weighted by atomic mass is 16.5. The summed E-state index contributed by atoms with van der Waals surface area (Å²) in [5.74, 6) is 0.474. The van der Waals surface area contributed by atoms with Crippen LogP contribution in [0.3, 0.4) is 0 Å². The number of amides is 5. The van der Waals surface area contributed by atoms with E-state index in [1.54, 1.807) is 21.2 Å². The van der Waals surface area contributed by atoms with Gasteiger partial charge in [0.05, 0.1) is 13.2 Å². The lowest BCUT2D eigenvalue weighted by Crippen LogP contribution is -2.49. The van der Waals surface area contributed by atoms with Gasteiger partial charge in [0.2, 0.25) is 5.91 Å². The standard InChI is InChI=1S/C18H25N5O4/c1-5-13(11-6-8-12(27-4)9-7-11)19-14(24)10-23-16-15(20-17(23)25)21(2)18(26)22(16)3/h6-9,13,15-16H,5,10H2,1-4H3,(H,19,24)(H,20,25)/t13-,15-,16-/m0/s1. The molecule has 0 saturated carbocycles. The van der Waals surface area contributed by atoms with Crippen molar-refractivity contribution in [3.8, 4) is 5.75 Å². The number of nitrogens with zero attached hydrogens (tertiary/aromatic N) is 3. The van der Waals surface area contributed by atoms with Crippen LogP contribution >= 0.6 is 0 Å². The second kappa shape index (κ2) is 7.34. The van der Waals surface area contributed by atoms with E-state index in [0.717, 1.165) is 11.3 Å². The zero-order valence-electron chi connectivity index (χ0n) is 15.9. The molecule has 0 aliphatic carbocycles. The van der Waals surface area contributed by atoms with E-state index in [2.05, 4.69) is 10.6 Å². The van der Waals surface area contributed by atoms with E-state index >= 15 is 0 Å². The molecule has 2 N–H and O–H groups in total. The zero-order chi connectivity index (χ0) is 19.7. The van der Waals surface area contributed by atoms with Gasteiger partial charge in [-0.25, -0.2) is 9.59 Å². The van der Waals surface area contributed by atoms with Gasteiger partial charge >= 0.3 is 12.1 Å². The van der Waals surface area contributed by atoms with Gasteiger partial charge in [-0.1, -0.05) is 19.1 Å². The Labute approximate surface area is 158 Å². The largest absolute Gasteiger partial charge is 0.497 e. The molecule has 9 heteroatoms. The van der Waals surface area contributed by atoms with Crippen LogP contribution in [0.25, 0.3) is 0 Å². The molecule has 0 aromatic heterocycles. The van der Waals surface area contributed by atoms with E-state index in [4.69, 9.17) is 4.74 Å². The zero-order valence-corrected chi connectivity index (χ0v) is 15.9. The van der Waals surface area contributed by atoms with Crippen LogP contribution in [0, 0.1) is 0 Å². The highest BCUT2D eigenvalue weighted by molar-refractivity contribution is 5.88. The van der Waals surface area contributed by atoms with Gasteiger partial charge in [-0.05, 0) is 24.1 Å². The fourth-order valence-corrected chi connectivity index (χ4v) is 3.59. The number of fused-ring (bicyclic) bond motifs is 1. The van der Waals surface area contributed by atoms with Crippen LogP contribution in [0.1, 0.15) is 24.9 Å². The molecule has 9 nitrogen and oxygen atoms in total. The minimum Gasteiger partial charge on any atom is -0.497 e. The molecule has 0 radical (unpaired) electrons. The molecule has 3 atom stereocenters. The number of rotatable bonds is 6. The molecule has 1 aromatic rings. The van der Waals surface area contributed by atoms with Gasteiger partial charge in [-0.2, -0.15) is 0 Å². The maximum absolute atomic E-state index is 12.6. The normalized spacial score (nSPS) is 22.6. The number of ether oxygens (including phenoxy) is 1. The van der Waals surface area contributed by atoms with Crippen LogP contribution < -0.4 is 15.4 Å². The smallest absolute Gasteiger partial charge is 0.323 e. The second-order valence-corrected chi connectivity index (χ2v) is 6.74. The molecule has 0 unspecified atom stereocenters. The van der Waals surface area contributed by atoms with Crippen molar-refractivity contribution in [2.45, 2.75) is 31.7 Å². The number of benzene rings is 1. The fourth-order valence-electron chi connectivity index (χ4n) is 3.59. The lowest BCUT2D eigenvalue weighted by atomic mass is 10.0. The van der Waals surface area contributed by atoms with Gasteiger partial charge in [0.1, 0.15) is 24.6 Å². The average Bonchev–Trinajstić information content (AvgIpc) is 3.09. The number of carbonyl (C=O) groups excluding carboxylic acids is 3. The first-order valence-electron chi connectivity index (χ1n) is 8.87. The Balaban J connectivity index is 1.67. The van der Waals surface area contributed by atoms with Crippen molar-refractivity contribution in [2.75, 3.05) is 27.7 Å². The Morgan fingerprint density at radius 1 is 1.22 bits per heavy atom. The molecule has 0 spiro atoms. The van der Waals surface area contributed by atoms with Crippen molar-refractivity contribution in [3.63, 3.8) is 0 Å². The third kappa shape index (κ3) is 3.36. The number of hydrogen-bond acceptors (Lipinski definition) is 4. The summed E-state index contributed by atoms with van der Waals surface area (Å²) in [5, 5.41) is 5.72. The molecule has 2 aliphatic heterocycles. The fraction of sp³-hybridized carbons (Fsp3) is 0.500. The number of carbonyl (C=O) groups is 3. The first-order chi connectivity index (χ1) is 12.9. The first-order valence-corrected chi connectivity index (χ1v) is 8.87. The van der Waals surface area contributed by atoms with E-state index in [9.17, 15) is 14.4 Å². The maximum atomic E-state index is 12.6. The maximum Gasteiger partial charge on any atom is 0.323 e. The highest BCUT2D eigenvalue weighted by Crippen LogP contribution is 2.26. The van der Waals surface area contributed by atoms with Gasteiger partial charge < -0.3 is 25.2 Å². The minimum absolute atomic E-state index is 0.120. The van der Waals surface area contributed by atoms with Crippen molar-refractivity contribution < 1.29 is 19.1 Å². The summed E-state index contributed by atoms with van der Waals surface area (Å²) in [7, 11) is 4.86. The molecule has 2 heterocycles. The summed E-state index contributed by atoms with van der Waals surface area (Å²) in [6.07, 6.45) is -0.245. The summed E-state index contributed by atoms with van der Waals surface area (Å²) in [6, 6.07) is 6.78. The Morgan fingerprint density at radius 3 is 2.48 bits per heavy atom. The van der Waals surface area contributed by atoms with Crippen LogP contribution in [-0.4, -0.2) is 72.8 Å². The molecule has 2 aliphatic rings. The second-order valence-electron chi connectivity index (χ2n) is 6.74. The molecule has 2 fully saturated rings. The van der Waals surface area contributed by atoms with Crippen LogP contribution in [0.2, 0.25) is 0 Å². The summed E-state index contributed by atoms with van der Waals surface area (Å²) >= 11 is 0. The van der Waals surface area contributed by atoms with Crippen molar-refractivity contribution in [1.82, 2.24) is 25.3 Å². The van der Waals surface area contributed by atoms with Gasteiger partial charge in [-0.15, -0.1) is 0 Å². The van der Waals surface area contributed by atoms with Crippen molar-refractivity contribution in [2.24, 2.45) is 0 Å².